The van der Waals surface area contributed by atoms with Crippen LogP contribution in [0.2, 0.25) is 0 Å². The number of hydrogen-bond acceptors (Lipinski definition) is 4. The predicted octanol–water partition coefficient (Wildman–Crippen LogP) is 2.10. The second-order valence-corrected chi connectivity index (χ2v) is 6.22. The molecule has 27 heavy (non-hydrogen) atoms. The van der Waals surface area contributed by atoms with Gasteiger partial charge in [-0.05, 0) is 30.3 Å². The molecule has 1 aliphatic rings. The van der Waals surface area contributed by atoms with Crippen LogP contribution in [0.5, 0.6) is 0 Å². The molecule has 3 rings (SSSR count). The van der Waals surface area contributed by atoms with Crippen LogP contribution in [0.4, 0.5) is 10.1 Å². The number of pyridine rings is 1. The number of carbonyl (C=O) groups is 2. The van der Waals surface area contributed by atoms with Crippen LogP contribution in [-0.4, -0.2) is 54.4 Å². The first-order valence-corrected chi connectivity index (χ1v) is 8.72. The van der Waals surface area contributed by atoms with Crippen LogP contribution in [-0.2, 0) is 0 Å². The van der Waals surface area contributed by atoms with Gasteiger partial charge in [-0.15, -0.1) is 6.58 Å². The quantitative estimate of drug-likeness (QED) is 0.821. The van der Waals surface area contributed by atoms with E-state index in [4.69, 9.17) is 0 Å². The highest BCUT2D eigenvalue weighted by Gasteiger charge is 2.23. The number of amides is 2. The number of piperazine rings is 1. The Bertz CT molecular complexity index is 830. The molecule has 7 heteroatoms. The summed E-state index contributed by atoms with van der Waals surface area (Å²) in [5, 5.41) is 2.67. The highest BCUT2D eigenvalue weighted by molar-refractivity contribution is 5.99. The van der Waals surface area contributed by atoms with Gasteiger partial charge in [0.15, 0.2) is 0 Å². The summed E-state index contributed by atoms with van der Waals surface area (Å²) in [5.41, 5.74) is 1.66. The van der Waals surface area contributed by atoms with Crippen LogP contribution in [0.15, 0.2) is 55.4 Å². The molecule has 1 fully saturated rings. The molecule has 0 saturated carbocycles. The SMILES string of the molecule is C=CCNC(=O)c1cncc(C(=O)N2CCN(c3ccc(F)cc3)CC2)c1. The maximum Gasteiger partial charge on any atom is 0.255 e. The number of hydrogen-bond donors (Lipinski definition) is 1. The number of benzene rings is 1. The normalized spacial score (nSPS) is 14.0. The summed E-state index contributed by atoms with van der Waals surface area (Å²) in [5.74, 6) is -0.713. The van der Waals surface area contributed by atoms with Gasteiger partial charge in [-0.1, -0.05) is 6.08 Å². The molecule has 140 valence electrons. The zero-order chi connectivity index (χ0) is 19.2. The molecule has 0 atom stereocenters. The zero-order valence-electron chi connectivity index (χ0n) is 14.9. The number of nitrogens with one attached hydrogen (secondary N) is 1. The van der Waals surface area contributed by atoms with Gasteiger partial charge in [0.1, 0.15) is 5.82 Å². The Morgan fingerprint density at radius 1 is 1.11 bits per heavy atom. The zero-order valence-corrected chi connectivity index (χ0v) is 14.9. The van der Waals surface area contributed by atoms with Gasteiger partial charge in [-0.3, -0.25) is 14.6 Å². The van der Waals surface area contributed by atoms with Crippen molar-refractivity contribution in [2.45, 2.75) is 0 Å². The fourth-order valence-electron chi connectivity index (χ4n) is 2.95. The van der Waals surface area contributed by atoms with E-state index < -0.39 is 0 Å². The van der Waals surface area contributed by atoms with Crippen molar-refractivity contribution in [3.63, 3.8) is 0 Å². The summed E-state index contributed by atoms with van der Waals surface area (Å²) >= 11 is 0. The van der Waals surface area contributed by atoms with Gasteiger partial charge < -0.3 is 15.1 Å². The second-order valence-electron chi connectivity index (χ2n) is 6.22. The molecule has 6 nitrogen and oxygen atoms in total. The van der Waals surface area contributed by atoms with E-state index in [1.165, 1.54) is 24.5 Å². The summed E-state index contributed by atoms with van der Waals surface area (Å²) in [6, 6.07) is 7.90. The first-order chi connectivity index (χ1) is 13.1. The Balaban J connectivity index is 1.63. The lowest BCUT2D eigenvalue weighted by Crippen LogP contribution is -2.48. The lowest BCUT2D eigenvalue weighted by atomic mass is 10.1. The number of aromatic nitrogens is 1. The van der Waals surface area contributed by atoms with Crippen LogP contribution in [0.1, 0.15) is 20.7 Å². The molecule has 0 bridgehead atoms. The van der Waals surface area contributed by atoms with Crippen molar-refractivity contribution in [3.8, 4) is 0 Å². The lowest BCUT2D eigenvalue weighted by molar-refractivity contribution is 0.0746. The molecule has 0 spiro atoms. The van der Waals surface area contributed by atoms with E-state index in [0.29, 0.717) is 43.9 Å². The minimum Gasteiger partial charge on any atom is -0.368 e. The minimum atomic E-state index is -0.293. The van der Waals surface area contributed by atoms with E-state index in [0.717, 1.165) is 5.69 Å². The Morgan fingerprint density at radius 2 is 1.78 bits per heavy atom. The molecule has 1 aliphatic heterocycles. The van der Waals surface area contributed by atoms with Crippen molar-refractivity contribution in [1.29, 1.82) is 0 Å². The Morgan fingerprint density at radius 3 is 2.44 bits per heavy atom. The van der Waals surface area contributed by atoms with E-state index in [1.54, 1.807) is 29.2 Å². The lowest BCUT2D eigenvalue weighted by Gasteiger charge is -2.36. The molecule has 1 saturated heterocycles. The van der Waals surface area contributed by atoms with Crippen LogP contribution in [0.25, 0.3) is 0 Å². The molecule has 1 N–H and O–H groups in total. The van der Waals surface area contributed by atoms with Gasteiger partial charge in [0.05, 0.1) is 11.1 Å². The number of anilines is 1. The number of carbonyl (C=O) groups excluding carboxylic acids is 2. The largest absolute Gasteiger partial charge is 0.368 e. The maximum absolute atomic E-state index is 13.1. The third-order valence-corrected chi connectivity index (χ3v) is 4.41. The number of nitrogens with zero attached hydrogens (tertiary/aromatic N) is 3. The second kappa shape index (κ2) is 8.44. The van der Waals surface area contributed by atoms with E-state index >= 15 is 0 Å². The van der Waals surface area contributed by atoms with Gasteiger partial charge in [-0.2, -0.15) is 0 Å². The van der Waals surface area contributed by atoms with Gasteiger partial charge in [0, 0.05) is 50.8 Å². The Hall–Kier alpha value is -3.22. The molecule has 2 heterocycles. The monoisotopic (exact) mass is 368 g/mol. The van der Waals surface area contributed by atoms with E-state index in [9.17, 15) is 14.0 Å². The van der Waals surface area contributed by atoms with Gasteiger partial charge in [-0.25, -0.2) is 4.39 Å². The standard InChI is InChI=1S/C20H21FN4O2/c1-2-7-23-19(26)15-12-16(14-22-13-15)20(27)25-10-8-24(9-11-25)18-5-3-17(21)4-6-18/h2-6,12-14H,1,7-11H2,(H,23,26). The van der Waals surface area contributed by atoms with Crippen molar-refractivity contribution >= 4 is 17.5 Å². The van der Waals surface area contributed by atoms with Crippen LogP contribution in [0.3, 0.4) is 0 Å². The van der Waals surface area contributed by atoms with Gasteiger partial charge in [0.25, 0.3) is 11.8 Å². The van der Waals surface area contributed by atoms with Crippen molar-refractivity contribution in [2.24, 2.45) is 0 Å². The van der Waals surface area contributed by atoms with Crippen molar-refractivity contribution in [2.75, 3.05) is 37.6 Å². The molecule has 0 aliphatic carbocycles. The first kappa shape index (κ1) is 18.6. The Labute approximate surface area is 157 Å². The van der Waals surface area contributed by atoms with E-state index in [2.05, 4.69) is 21.8 Å². The van der Waals surface area contributed by atoms with Crippen LogP contribution in [0, 0.1) is 5.82 Å². The van der Waals surface area contributed by atoms with Crippen LogP contribution < -0.4 is 10.2 Å². The third kappa shape index (κ3) is 4.49. The van der Waals surface area contributed by atoms with Gasteiger partial charge in [0.2, 0.25) is 0 Å². The summed E-state index contributed by atoms with van der Waals surface area (Å²) in [4.78, 5) is 32.6. The molecule has 2 aromatic rings. The van der Waals surface area contributed by atoms with E-state index in [1.807, 2.05) is 0 Å². The Kier molecular flexibility index (Phi) is 5.80. The molecule has 1 aromatic heterocycles. The summed E-state index contributed by atoms with van der Waals surface area (Å²) in [6.45, 7) is 6.31. The van der Waals surface area contributed by atoms with E-state index in [-0.39, 0.29) is 17.6 Å². The van der Waals surface area contributed by atoms with Crippen LogP contribution >= 0.6 is 0 Å². The summed E-state index contributed by atoms with van der Waals surface area (Å²) in [7, 11) is 0. The molecular weight excluding hydrogens is 347 g/mol. The minimum absolute atomic E-state index is 0.153. The maximum atomic E-state index is 13.1. The molecule has 0 radical (unpaired) electrons. The fourth-order valence-corrected chi connectivity index (χ4v) is 2.95. The average molecular weight is 368 g/mol. The molecular formula is C20H21FN4O2. The number of rotatable bonds is 5. The third-order valence-electron chi connectivity index (χ3n) is 4.41. The topological polar surface area (TPSA) is 65.5 Å². The summed E-state index contributed by atoms with van der Waals surface area (Å²) < 4.78 is 13.1. The number of halogens is 1. The summed E-state index contributed by atoms with van der Waals surface area (Å²) in [6.07, 6.45) is 4.49. The molecule has 2 amide bonds. The predicted molar refractivity (Wildman–Crippen MR) is 101 cm³/mol. The fraction of sp³-hybridized carbons (Fsp3) is 0.250. The smallest absolute Gasteiger partial charge is 0.255 e. The van der Waals surface area contributed by atoms with Crippen molar-refractivity contribution in [3.05, 3.63) is 72.3 Å². The molecule has 0 unspecified atom stereocenters. The molecule has 1 aromatic carbocycles. The average Bonchev–Trinajstić information content (AvgIpc) is 2.72. The highest BCUT2D eigenvalue weighted by Crippen LogP contribution is 2.18. The first-order valence-electron chi connectivity index (χ1n) is 8.72. The van der Waals surface area contributed by atoms with Gasteiger partial charge >= 0.3 is 0 Å². The van der Waals surface area contributed by atoms with Crippen molar-refractivity contribution in [1.82, 2.24) is 15.2 Å². The highest BCUT2D eigenvalue weighted by atomic mass is 19.1. The van der Waals surface area contributed by atoms with Crippen molar-refractivity contribution < 1.29 is 14.0 Å².